The lowest BCUT2D eigenvalue weighted by atomic mass is 10.2. The fraction of sp³-hybridized carbons (Fsp3) is 0.357. The van der Waals surface area contributed by atoms with Crippen molar-refractivity contribution in [3.05, 3.63) is 33.8 Å². The standard InChI is InChI=1S/C14H16Cl2N2O4/c1-3-17-13(20)8(2)18-12(19)7-22-14(21)9-4-10(15)6-11(16)5-9/h4-6,8H,3,7H2,1-2H3,(H,17,20)(H,18,19)/t8-/m0/s1. The highest BCUT2D eigenvalue weighted by atomic mass is 35.5. The monoisotopic (exact) mass is 346 g/mol. The largest absolute Gasteiger partial charge is 0.452 e. The average Bonchev–Trinajstić information content (AvgIpc) is 2.43. The molecule has 120 valence electrons. The quantitative estimate of drug-likeness (QED) is 0.769. The third-order valence-electron chi connectivity index (χ3n) is 2.55. The van der Waals surface area contributed by atoms with Crippen LogP contribution < -0.4 is 10.6 Å². The van der Waals surface area contributed by atoms with Gasteiger partial charge in [0.1, 0.15) is 6.04 Å². The van der Waals surface area contributed by atoms with Crippen LogP contribution in [0.25, 0.3) is 0 Å². The Labute approximate surface area is 138 Å². The van der Waals surface area contributed by atoms with Gasteiger partial charge in [-0.1, -0.05) is 23.2 Å². The van der Waals surface area contributed by atoms with Crippen molar-refractivity contribution >= 4 is 41.0 Å². The number of amides is 2. The second-order valence-electron chi connectivity index (χ2n) is 4.42. The molecule has 0 unspecified atom stereocenters. The first kappa shape index (κ1) is 18.3. The number of halogens is 2. The van der Waals surface area contributed by atoms with Crippen LogP contribution in [0.15, 0.2) is 18.2 Å². The zero-order chi connectivity index (χ0) is 16.7. The number of hydrogen-bond donors (Lipinski definition) is 2. The molecule has 2 amide bonds. The summed E-state index contributed by atoms with van der Waals surface area (Å²) >= 11 is 11.5. The van der Waals surface area contributed by atoms with Gasteiger partial charge >= 0.3 is 5.97 Å². The summed E-state index contributed by atoms with van der Waals surface area (Å²) in [6, 6.07) is 3.52. The molecule has 6 nitrogen and oxygen atoms in total. The highest BCUT2D eigenvalue weighted by Gasteiger charge is 2.16. The van der Waals surface area contributed by atoms with Gasteiger partial charge in [0.25, 0.3) is 5.91 Å². The molecule has 0 fully saturated rings. The van der Waals surface area contributed by atoms with Gasteiger partial charge in [-0.05, 0) is 32.0 Å². The third-order valence-corrected chi connectivity index (χ3v) is 2.99. The Morgan fingerprint density at radius 2 is 1.77 bits per heavy atom. The minimum Gasteiger partial charge on any atom is -0.452 e. The summed E-state index contributed by atoms with van der Waals surface area (Å²) in [7, 11) is 0. The van der Waals surface area contributed by atoms with E-state index < -0.39 is 24.5 Å². The van der Waals surface area contributed by atoms with E-state index in [1.165, 1.54) is 25.1 Å². The number of rotatable bonds is 6. The van der Waals surface area contributed by atoms with Crippen LogP contribution in [0.3, 0.4) is 0 Å². The molecule has 1 aromatic rings. The van der Waals surface area contributed by atoms with Crippen molar-refractivity contribution in [1.29, 1.82) is 0 Å². The van der Waals surface area contributed by atoms with Crippen LogP contribution in [0.1, 0.15) is 24.2 Å². The van der Waals surface area contributed by atoms with Gasteiger partial charge < -0.3 is 15.4 Å². The van der Waals surface area contributed by atoms with Gasteiger partial charge in [0.15, 0.2) is 6.61 Å². The van der Waals surface area contributed by atoms with Gasteiger partial charge in [0, 0.05) is 16.6 Å². The molecule has 0 saturated carbocycles. The number of carbonyl (C=O) groups is 3. The van der Waals surface area contributed by atoms with Gasteiger partial charge in [-0.2, -0.15) is 0 Å². The van der Waals surface area contributed by atoms with Gasteiger partial charge in [0.05, 0.1) is 5.56 Å². The van der Waals surface area contributed by atoms with E-state index in [0.29, 0.717) is 6.54 Å². The van der Waals surface area contributed by atoms with Gasteiger partial charge in [0.2, 0.25) is 5.91 Å². The number of nitrogens with one attached hydrogen (secondary N) is 2. The number of esters is 1. The topological polar surface area (TPSA) is 84.5 Å². The van der Waals surface area contributed by atoms with Crippen LogP contribution in [-0.4, -0.2) is 37.0 Å². The maximum absolute atomic E-state index is 11.8. The summed E-state index contributed by atoms with van der Waals surface area (Å²) in [5.74, 6) is -1.63. The molecule has 0 aliphatic rings. The number of likely N-dealkylation sites (N-methyl/N-ethyl adjacent to an activating group) is 1. The van der Waals surface area contributed by atoms with E-state index in [-0.39, 0.29) is 21.5 Å². The molecule has 0 aliphatic heterocycles. The first-order valence-electron chi connectivity index (χ1n) is 6.53. The number of carbonyl (C=O) groups excluding carboxylic acids is 3. The molecule has 0 aromatic heterocycles. The molecule has 0 saturated heterocycles. The molecule has 1 aromatic carbocycles. The van der Waals surface area contributed by atoms with E-state index in [1.807, 2.05) is 0 Å². The second kappa shape index (κ2) is 8.60. The molecule has 0 aliphatic carbocycles. The van der Waals surface area contributed by atoms with Crippen LogP contribution in [-0.2, 0) is 14.3 Å². The van der Waals surface area contributed by atoms with Crippen LogP contribution in [0, 0.1) is 0 Å². The summed E-state index contributed by atoms with van der Waals surface area (Å²) in [5, 5.41) is 5.55. The van der Waals surface area contributed by atoms with Gasteiger partial charge in [-0.15, -0.1) is 0 Å². The second-order valence-corrected chi connectivity index (χ2v) is 5.29. The molecule has 0 heterocycles. The smallest absolute Gasteiger partial charge is 0.338 e. The molecule has 1 atom stereocenters. The van der Waals surface area contributed by atoms with E-state index in [1.54, 1.807) is 6.92 Å². The number of benzene rings is 1. The Kier molecular flexibility index (Phi) is 7.14. The average molecular weight is 347 g/mol. The number of ether oxygens (including phenoxy) is 1. The van der Waals surface area contributed by atoms with Crippen molar-refractivity contribution in [3.63, 3.8) is 0 Å². The molecule has 8 heteroatoms. The Morgan fingerprint density at radius 3 is 2.32 bits per heavy atom. The van der Waals surface area contributed by atoms with Crippen LogP contribution in [0.5, 0.6) is 0 Å². The minimum atomic E-state index is -0.731. The molecule has 22 heavy (non-hydrogen) atoms. The maximum atomic E-state index is 11.8. The SMILES string of the molecule is CCNC(=O)[C@H](C)NC(=O)COC(=O)c1cc(Cl)cc(Cl)c1. The van der Waals surface area contributed by atoms with Gasteiger partial charge in [-0.25, -0.2) is 4.79 Å². The fourth-order valence-corrected chi connectivity index (χ4v) is 2.09. The summed E-state index contributed by atoms with van der Waals surface area (Å²) in [5.41, 5.74) is 0.141. The van der Waals surface area contributed by atoms with E-state index in [4.69, 9.17) is 27.9 Å². The van der Waals surface area contributed by atoms with Crippen molar-refractivity contribution in [1.82, 2.24) is 10.6 Å². The normalized spacial score (nSPS) is 11.5. The summed E-state index contributed by atoms with van der Waals surface area (Å²) in [6.07, 6.45) is 0. The summed E-state index contributed by atoms with van der Waals surface area (Å²) < 4.78 is 4.84. The van der Waals surface area contributed by atoms with E-state index in [2.05, 4.69) is 10.6 Å². The summed E-state index contributed by atoms with van der Waals surface area (Å²) in [6.45, 7) is 3.25. The Hall–Kier alpha value is -1.79. The molecule has 0 spiro atoms. The molecule has 2 N–H and O–H groups in total. The number of hydrogen-bond acceptors (Lipinski definition) is 4. The van der Waals surface area contributed by atoms with E-state index >= 15 is 0 Å². The highest BCUT2D eigenvalue weighted by molar-refractivity contribution is 6.35. The van der Waals surface area contributed by atoms with Gasteiger partial charge in [-0.3, -0.25) is 9.59 Å². The van der Waals surface area contributed by atoms with Crippen LogP contribution >= 0.6 is 23.2 Å². The predicted octanol–water partition coefficient (Wildman–Crippen LogP) is 1.79. The van der Waals surface area contributed by atoms with Crippen LogP contribution in [0.2, 0.25) is 10.0 Å². The minimum absolute atomic E-state index is 0.141. The molecular weight excluding hydrogens is 331 g/mol. The fourth-order valence-electron chi connectivity index (χ4n) is 1.56. The zero-order valence-electron chi connectivity index (χ0n) is 12.1. The Morgan fingerprint density at radius 1 is 1.18 bits per heavy atom. The van der Waals surface area contributed by atoms with Crippen molar-refractivity contribution in [3.8, 4) is 0 Å². The molecule has 1 rings (SSSR count). The Balaban J connectivity index is 2.50. The first-order valence-corrected chi connectivity index (χ1v) is 7.29. The maximum Gasteiger partial charge on any atom is 0.338 e. The highest BCUT2D eigenvalue weighted by Crippen LogP contribution is 2.19. The lowest BCUT2D eigenvalue weighted by Gasteiger charge is -2.13. The van der Waals surface area contributed by atoms with Crippen molar-refractivity contribution in [2.24, 2.45) is 0 Å². The van der Waals surface area contributed by atoms with Crippen LogP contribution in [0.4, 0.5) is 0 Å². The zero-order valence-corrected chi connectivity index (χ0v) is 13.6. The van der Waals surface area contributed by atoms with Crippen molar-refractivity contribution < 1.29 is 19.1 Å². The van der Waals surface area contributed by atoms with E-state index in [0.717, 1.165) is 0 Å². The lowest BCUT2D eigenvalue weighted by molar-refractivity contribution is -0.130. The summed E-state index contributed by atoms with van der Waals surface area (Å²) in [4.78, 5) is 34.8. The molecular formula is C14H16Cl2N2O4. The molecule has 0 radical (unpaired) electrons. The third kappa shape index (κ3) is 5.91. The van der Waals surface area contributed by atoms with E-state index in [9.17, 15) is 14.4 Å². The first-order chi connectivity index (χ1) is 10.3. The molecule has 0 bridgehead atoms. The van der Waals surface area contributed by atoms with Crippen molar-refractivity contribution in [2.45, 2.75) is 19.9 Å². The predicted molar refractivity (Wildman–Crippen MR) is 83.0 cm³/mol. The lowest BCUT2D eigenvalue weighted by Crippen LogP contribution is -2.46. The van der Waals surface area contributed by atoms with Crippen molar-refractivity contribution in [2.75, 3.05) is 13.2 Å². The Bertz CT molecular complexity index is 558.